The van der Waals surface area contributed by atoms with E-state index < -0.39 is 11.9 Å². The molecule has 1 aliphatic heterocycles. The van der Waals surface area contributed by atoms with Gasteiger partial charge in [-0.2, -0.15) is 0 Å². The fraction of sp³-hybridized carbons (Fsp3) is 0.333. The molecule has 1 aliphatic carbocycles. The smallest absolute Gasteiger partial charge is 0.328 e. The predicted octanol–water partition coefficient (Wildman–Crippen LogP) is 5.27. The van der Waals surface area contributed by atoms with E-state index in [2.05, 4.69) is 59.5 Å². The van der Waals surface area contributed by atoms with E-state index in [-0.39, 0.29) is 0 Å². The van der Waals surface area contributed by atoms with Gasteiger partial charge < -0.3 is 15.1 Å². The van der Waals surface area contributed by atoms with Crippen LogP contribution in [0.3, 0.4) is 0 Å². The van der Waals surface area contributed by atoms with E-state index in [9.17, 15) is 9.59 Å². The highest BCUT2D eigenvalue weighted by molar-refractivity contribution is 5.89. The molecular weight excluding hydrogens is 402 g/mol. The van der Waals surface area contributed by atoms with Gasteiger partial charge in [0.25, 0.3) is 0 Å². The Kier molecular flexibility index (Phi) is 8.81. The number of allylic oxidation sites excluding steroid dienone is 1. The van der Waals surface area contributed by atoms with Crippen LogP contribution < -0.4 is 0 Å². The van der Waals surface area contributed by atoms with E-state index in [4.69, 9.17) is 10.2 Å². The van der Waals surface area contributed by atoms with Crippen molar-refractivity contribution in [3.05, 3.63) is 77.9 Å². The summed E-state index contributed by atoms with van der Waals surface area (Å²) in [5, 5.41) is 15.6. The highest BCUT2D eigenvalue weighted by Crippen LogP contribution is 2.36. The SMILES string of the molecule is C1=C(CCN2CCCCCC2)c2cccc(-c3ccccc3)c2C1.O=C(O)C=CC(=O)O. The van der Waals surface area contributed by atoms with Gasteiger partial charge in [-0.3, -0.25) is 0 Å². The number of hydrogen-bond acceptors (Lipinski definition) is 3. The number of benzene rings is 2. The Bertz CT molecular complexity index is 954. The fourth-order valence-electron chi connectivity index (χ4n) is 4.35. The van der Waals surface area contributed by atoms with E-state index >= 15 is 0 Å². The van der Waals surface area contributed by atoms with Crippen LogP contribution in [0.15, 0.2) is 66.8 Å². The molecule has 0 bridgehead atoms. The molecule has 0 amide bonds. The average Bonchev–Trinajstić information content (AvgIpc) is 3.03. The van der Waals surface area contributed by atoms with Crippen LogP contribution >= 0.6 is 0 Å². The van der Waals surface area contributed by atoms with Gasteiger partial charge in [0, 0.05) is 18.7 Å². The molecule has 2 aromatic carbocycles. The molecule has 5 nitrogen and oxygen atoms in total. The third-order valence-corrected chi connectivity index (χ3v) is 5.92. The summed E-state index contributed by atoms with van der Waals surface area (Å²) in [6.07, 6.45) is 11.5. The van der Waals surface area contributed by atoms with E-state index in [1.807, 2.05) is 0 Å². The average molecular weight is 434 g/mol. The Morgan fingerprint density at radius 2 is 1.44 bits per heavy atom. The quantitative estimate of drug-likeness (QED) is 0.607. The molecule has 0 unspecified atom stereocenters. The summed E-state index contributed by atoms with van der Waals surface area (Å²) >= 11 is 0. The Morgan fingerprint density at radius 3 is 2.06 bits per heavy atom. The number of nitrogens with zero attached hydrogens (tertiary/aromatic N) is 1. The fourth-order valence-corrected chi connectivity index (χ4v) is 4.35. The third-order valence-electron chi connectivity index (χ3n) is 5.92. The molecule has 1 saturated heterocycles. The number of fused-ring (bicyclic) bond motifs is 1. The van der Waals surface area contributed by atoms with Gasteiger partial charge >= 0.3 is 11.9 Å². The van der Waals surface area contributed by atoms with Crippen molar-refractivity contribution in [1.82, 2.24) is 4.90 Å². The van der Waals surface area contributed by atoms with Crippen LogP contribution in [0.2, 0.25) is 0 Å². The van der Waals surface area contributed by atoms with Gasteiger partial charge in [0.1, 0.15) is 0 Å². The number of aliphatic carboxylic acids is 2. The molecule has 2 aromatic rings. The molecule has 0 spiro atoms. The van der Waals surface area contributed by atoms with Crippen LogP contribution in [0.1, 0.15) is 43.2 Å². The van der Waals surface area contributed by atoms with Gasteiger partial charge in [0.2, 0.25) is 0 Å². The first-order chi connectivity index (χ1) is 15.5. The lowest BCUT2D eigenvalue weighted by molar-refractivity contribution is -0.134. The number of carboxylic acids is 2. The van der Waals surface area contributed by atoms with Crippen LogP contribution in [0.5, 0.6) is 0 Å². The van der Waals surface area contributed by atoms with Crippen molar-refractivity contribution in [2.75, 3.05) is 19.6 Å². The Morgan fingerprint density at radius 1 is 0.812 bits per heavy atom. The van der Waals surface area contributed by atoms with Crippen molar-refractivity contribution in [1.29, 1.82) is 0 Å². The number of likely N-dealkylation sites (tertiary alicyclic amines) is 1. The maximum atomic E-state index is 9.55. The van der Waals surface area contributed by atoms with E-state index in [1.54, 1.807) is 5.57 Å². The molecule has 168 valence electrons. The zero-order chi connectivity index (χ0) is 22.8. The Hall–Kier alpha value is -3.18. The van der Waals surface area contributed by atoms with Crippen molar-refractivity contribution in [2.45, 2.75) is 38.5 Å². The first kappa shape index (κ1) is 23.5. The lowest BCUT2D eigenvalue weighted by Gasteiger charge is -2.20. The van der Waals surface area contributed by atoms with Crippen LogP contribution in [0.4, 0.5) is 0 Å². The summed E-state index contributed by atoms with van der Waals surface area (Å²) in [6, 6.07) is 17.6. The molecule has 1 heterocycles. The van der Waals surface area contributed by atoms with Gasteiger partial charge in [-0.05, 0) is 66.6 Å². The summed E-state index contributed by atoms with van der Waals surface area (Å²) in [7, 11) is 0. The minimum Gasteiger partial charge on any atom is -0.478 e. The molecule has 0 saturated carbocycles. The highest BCUT2D eigenvalue weighted by Gasteiger charge is 2.18. The number of carbonyl (C=O) groups is 2. The normalized spacial score (nSPS) is 15.9. The lowest BCUT2D eigenvalue weighted by Crippen LogP contribution is -2.25. The molecule has 4 rings (SSSR count). The standard InChI is InChI=1S/C23H27N.C4H4O4/c1-2-7-17-24(16-6-1)18-15-20-13-14-23-21(11-8-12-22(20)23)19-9-4-3-5-10-19;5-3(6)1-2-4(7)8/h3-5,8-13H,1-2,6-7,14-18H2;1-2H,(H,5,6)(H,7,8). The zero-order valence-corrected chi connectivity index (χ0v) is 18.4. The van der Waals surface area contributed by atoms with Crippen molar-refractivity contribution in [2.24, 2.45) is 0 Å². The summed E-state index contributed by atoms with van der Waals surface area (Å²) in [5.41, 5.74) is 7.33. The van der Waals surface area contributed by atoms with Gasteiger partial charge in [0.05, 0.1) is 0 Å². The molecule has 2 N–H and O–H groups in total. The highest BCUT2D eigenvalue weighted by atomic mass is 16.4. The van der Waals surface area contributed by atoms with E-state index in [0.717, 1.165) is 6.42 Å². The third kappa shape index (κ3) is 6.92. The molecule has 0 aromatic heterocycles. The second-order valence-corrected chi connectivity index (χ2v) is 8.15. The molecule has 5 heteroatoms. The summed E-state index contributed by atoms with van der Waals surface area (Å²) < 4.78 is 0. The topological polar surface area (TPSA) is 77.8 Å². The monoisotopic (exact) mass is 433 g/mol. The molecule has 2 aliphatic rings. The van der Waals surface area contributed by atoms with Gasteiger partial charge in [-0.1, -0.05) is 67.4 Å². The zero-order valence-electron chi connectivity index (χ0n) is 18.4. The van der Waals surface area contributed by atoms with Crippen LogP contribution in [-0.4, -0.2) is 46.7 Å². The van der Waals surface area contributed by atoms with E-state index in [0.29, 0.717) is 12.2 Å². The first-order valence-corrected chi connectivity index (χ1v) is 11.3. The molecule has 32 heavy (non-hydrogen) atoms. The maximum absolute atomic E-state index is 9.55. The summed E-state index contributed by atoms with van der Waals surface area (Å²) in [5.74, 6) is -2.51. The second-order valence-electron chi connectivity index (χ2n) is 8.15. The van der Waals surface area contributed by atoms with Crippen molar-refractivity contribution < 1.29 is 19.8 Å². The number of rotatable bonds is 6. The molecule has 1 fully saturated rings. The summed E-state index contributed by atoms with van der Waals surface area (Å²) in [6.45, 7) is 3.81. The Labute approximate surface area is 189 Å². The van der Waals surface area contributed by atoms with E-state index in [1.165, 1.54) is 74.0 Å². The second kappa shape index (κ2) is 12.0. The van der Waals surface area contributed by atoms with Crippen molar-refractivity contribution in [3.8, 4) is 11.1 Å². The largest absolute Gasteiger partial charge is 0.478 e. The van der Waals surface area contributed by atoms with Crippen molar-refractivity contribution in [3.63, 3.8) is 0 Å². The lowest BCUT2D eigenvalue weighted by atomic mass is 9.94. The minimum atomic E-state index is -1.26. The first-order valence-electron chi connectivity index (χ1n) is 11.3. The minimum absolute atomic E-state index is 0.558. The molecular formula is C27H31NO4. The van der Waals surface area contributed by atoms with Crippen LogP contribution in [0, 0.1) is 0 Å². The number of carboxylic acid groups (broad SMARTS) is 2. The summed E-state index contributed by atoms with van der Waals surface area (Å²) in [4.78, 5) is 21.8. The van der Waals surface area contributed by atoms with Crippen LogP contribution in [0.25, 0.3) is 16.7 Å². The van der Waals surface area contributed by atoms with Gasteiger partial charge in [-0.25, -0.2) is 9.59 Å². The van der Waals surface area contributed by atoms with Crippen LogP contribution in [-0.2, 0) is 16.0 Å². The number of hydrogen-bond donors (Lipinski definition) is 2. The predicted molar refractivity (Wildman–Crippen MR) is 127 cm³/mol. The Balaban J connectivity index is 0.000000312. The van der Waals surface area contributed by atoms with Gasteiger partial charge in [-0.15, -0.1) is 0 Å². The molecule has 0 atom stereocenters. The molecule has 0 radical (unpaired) electrons. The van der Waals surface area contributed by atoms with Gasteiger partial charge in [0.15, 0.2) is 0 Å². The van der Waals surface area contributed by atoms with Crippen molar-refractivity contribution >= 4 is 17.5 Å². The maximum Gasteiger partial charge on any atom is 0.328 e.